The van der Waals surface area contributed by atoms with E-state index in [0.29, 0.717) is 40.5 Å². The van der Waals surface area contributed by atoms with Gasteiger partial charge < -0.3 is 14.2 Å². The standard InChI is InChI=1S/C27H21BrN4O4S/c28-19-9-11-21(12-10-19)34-13-14-35-22-8-4-5-18(15-22)16-23-25(29)32-27(30-26(23)33)37-24(31-32)17-36-20-6-2-1-3-7-20/h1-12,15-16,29H,13-14,17H2. The van der Waals surface area contributed by atoms with Gasteiger partial charge in [0, 0.05) is 4.47 Å². The number of hydrogen-bond donors (Lipinski definition) is 1. The molecule has 0 aliphatic carbocycles. The molecule has 186 valence electrons. The number of amides is 1. The minimum Gasteiger partial charge on any atom is -0.490 e. The van der Waals surface area contributed by atoms with E-state index < -0.39 is 5.91 Å². The number of nitrogens with one attached hydrogen (secondary N) is 1. The fraction of sp³-hybridized carbons (Fsp3) is 0.111. The van der Waals surface area contributed by atoms with Crippen LogP contribution in [0.2, 0.25) is 0 Å². The zero-order valence-corrected chi connectivity index (χ0v) is 21.9. The zero-order chi connectivity index (χ0) is 25.6. The summed E-state index contributed by atoms with van der Waals surface area (Å²) in [5, 5.41) is 15.3. The highest BCUT2D eigenvalue weighted by molar-refractivity contribution is 9.10. The Morgan fingerprint density at radius 1 is 0.892 bits per heavy atom. The number of fused-ring (bicyclic) bond motifs is 1. The van der Waals surface area contributed by atoms with Crippen LogP contribution in [0.1, 0.15) is 5.56 Å². The van der Waals surface area contributed by atoms with E-state index in [0.717, 1.165) is 10.2 Å². The third kappa shape index (κ3) is 6.28. The number of aliphatic imine (C=N–C) groups is 1. The van der Waals surface area contributed by atoms with Crippen molar-refractivity contribution in [3.63, 3.8) is 0 Å². The second-order valence-corrected chi connectivity index (χ2v) is 9.80. The average molecular weight is 577 g/mol. The number of ether oxygens (including phenoxy) is 3. The molecule has 10 heteroatoms. The van der Waals surface area contributed by atoms with Crippen LogP contribution in [0.25, 0.3) is 6.08 Å². The van der Waals surface area contributed by atoms with Crippen LogP contribution in [0, 0.1) is 5.41 Å². The number of hydrogen-bond acceptors (Lipinski definition) is 7. The molecule has 2 aliphatic rings. The summed E-state index contributed by atoms with van der Waals surface area (Å²) in [7, 11) is 0. The van der Waals surface area contributed by atoms with Gasteiger partial charge in [-0.2, -0.15) is 15.1 Å². The van der Waals surface area contributed by atoms with Crippen molar-refractivity contribution in [1.29, 1.82) is 5.41 Å². The molecular formula is C27H21BrN4O4S. The maximum Gasteiger partial charge on any atom is 0.283 e. The van der Waals surface area contributed by atoms with Crippen molar-refractivity contribution in [2.24, 2.45) is 10.1 Å². The van der Waals surface area contributed by atoms with Crippen LogP contribution < -0.4 is 14.2 Å². The Hall–Kier alpha value is -3.89. The molecule has 0 saturated carbocycles. The van der Waals surface area contributed by atoms with Crippen molar-refractivity contribution in [1.82, 2.24) is 5.01 Å². The van der Waals surface area contributed by atoms with Crippen molar-refractivity contribution in [2.75, 3.05) is 19.8 Å². The number of rotatable bonds is 9. The van der Waals surface area contributed by atoms with Crippen LogP contribution in [-0.4, -0.2) is 46.8 Å². The smallest absolute Gasteiger partial charge is 0.283 e. The van der Waals surface area contributed by atoms with E-state index in [4.69, 9.17) is 19.6 Å². The molecule has 2 aliphatic heterocycles. The Morgan fingerprint density at radius 3 is 2.38 bits per heavy atom. The molecule has 2 heterocycles. The average Bonchev–Trinajstić information content (AvgIpc) is 3.33. The topological polar surface area (TPSA) is 96.6 Å². The van der Waals surface area contributed by atoms with Crippen LogP contribution in [0.3, 0.4) is 0 Å². The fourth-order valence-electron chi connectivity index (χ4n) is 3.46. The summed E-state index contributed by atoms with van der Waals surface area (Å²) in [6.07, 6.45) is 1.62. The first-order chi connectivity index (χ1) is 18.0. The van der Waals surface area contributed by atoms with Gasteiger partial charge in [-0.15, -0.1) is 0 Å². The van der Waals surface area contributed by atoms with Gasteiger partial charge in [-0.3, -0.25) is 10.2 Å². The molecule has 1 N–H and O–H groups in total. The first-order valence-corrected chi connectivity index (χ1v) is 12.9. The number of benzene rings is 3. The van der Waals surface area contributed by atoms with Gasteiger partial charge in [-0.05, 0) is 71.9 Å². The van der Waals surface area contributed by atoms with Gasteiger partial charge in [-0.25, -0.2) is 0 Å². The zero-order valence-electron chi connectivity index (χ0n) is 19.5. The Balaban J connectivity index is 1.21. The number of thioether (sulfide) groups is 1. The van der Waals surface area contributed by atoms with E-state index in [9.17, 15) is 4.79 Å². The Labute approximate surface area is 226 Å². The van der Waals surface area contributed by atoms with Gasteiger partial charge >= 0.3 is 0 Å². The Bertz CT molecular complexity index is 1410. The highest BCUT2D eigenvalue weighted by atomic mass is 79.9. The van der Waals surface area contributed by atoms with Crippen LogP contribution in [0.5, 0.6) is 17.2 Å². The van der Waals surface area contributed by atoms with E-state index >= 15 is 0 Å². The van der Waals surface area contributed by atoms with Crippen LogP contribution in [-0.2, 0) is 4.79 Å². The largest absolute Gasteiger partial charge is 0.490 e. The van der Waals surface area contributed by atoms with Gasteiger partial charge in [0.25, 0.3) is 5.91 Å². The summed E-state index contributed by atoms with van der Waals surface area (Å²) in [6, 6.07) is 24.2. The molecule has 0 spiro atoms. The van der Waals surface area contributed by atoms with E-state index in [2.05, 4.69) is 26.0 Å². The molecule has 1 amide bonds. The third-order valence-corrected chi connectivity index (χ3v) is 6.62. The van der Waals surface area contributed by atoms with Gasteiger partial charge in [0.2, 0.25) is 5.17 Å². The van der Waals surface area contributed by atoms with Gasteiger partial charge in [0.05, 0.1) is 5.57 Å². The van der Waals surface area contributed by atoms with Gasteiger partial charge in [0.1, 0.15) is 42.1 Å². The molecule has 5 rings (SSSR count). The molecule has 37 heavy (non-hydrogen) atoms. The maximum absolute atomic E-state index is 12.7. The number of carbonyl (C=O) groups is 1. The molecule has 0 aromatic heterocycles. The summed E-state index contributed by atoms with van der Waals surface area (Å²) >= 11 is 4.62. The van der Waals surface area contributed by atoms with E-state index in [1.807, 2.05) is 72.8 Å². The molecule has 0 fully saturated rings. The van der Waals surface area contributed by atoms with Gasteiger partial charge in [-0.1, -0.05) is 46.3 Å². The molecule has 0 saturated heterocycles. The minimum atomic E-state index is -0.488. The molecular weight excluding hydrogens is 556 g/mol. The third-order valence-electron chi connectivity index (χ3n) is 5.21. The Morgan fingerprint density at radius 2 is 1.59 bits per heavy atom. The number of nitrogens with zero attached hydrogens (tertiary/aromatic N) is 3. The van der Waals surface area contributed by atoms with Crippen LogP contribution in [0.15, 0.2) is 99.0 Å². The minimum absolute atomic E-state index is 0.0357. The lowest BCUT2D eigenvalue weighted by Gasteiger charge is -2.20. The van der Waals surface area contributed by atoms with E-state index in [1.165, 1.54) is 16.8 Å². The summed E-state index contributed by atoms with van der Waals surface area (Å²) in [4.78, 5) is 16.9. The van der Waals surface area contributed by atoms with Crippen LogP contribution in [0.4, 0.5) is 0 Å². The molecule has 0 radical (unpaired) electrons. The maximum atomic E-state index is 12.7. The van der Waals surface area contributed by atoms with E-state index in [1.54, 1.807) is 12.1 Å². The highest BCUT2D eigenvalue weighted by Crippen LogP contribution is 2.29. The molecule has 3 aromatic rings. The monoisotopic (exact) mass is 576 g/mol. The number of carbonyl (C=O) groups excluding carboxylic acids is 1. The number of amidine groups is 2. The second-order valence-electron chi connectivity index (χ2n) is 7.84. The first-order valence-electron chi connectivity index (χ1n) is 11.3. The van der Waals surface area contributed by atoms with Crippen molar-refractivity contribution in [3.8, 4) is 17.2 Å². The second kappa shape index (κ2) is 11.4. The highest BCUT2D eigenvalue weighted by Gasteiger charge is 2.35. The lowest BCUT2D eigenvalue weighted by atomic mass is 10.1. The van der Waals surface area contributed by atoms with Crippen molar-refractivity contribution in [2.45, 2.75) is 0 Å². The summed E-state index contributed by atoms with van der Waals surface area (Å²) in [5.74, 6) is 1.58. The number of hydrazone groups is 1. The lowest BCUT2D eigenvalue weighted by Crippen LogP contribution is -2.35. The molecule has 0 unspecified atom stereocenters. The number of halogens is 1. The first kappa shape index (κ1) is 24.8. The van der Waals surface area contributed by atoms with Crippen molar-refractivity contribution in [3.05, 3.63) is 94.5 Å². The number of para-hydroxylation sites is 1. The molecule has 0 bridgehead atoms. The summed E-state index contributed by atoms with van der Waals surface area (Å²) in [6.45, 7) is 0.955. The van der Waals surface area contributed by atoms with E-state index in [-0.39, 0.29) is 18.0 Å². The predicted molar refractivity (Wildman–Crippen MR) is 149 cm³/mol. The quantitative estimate of drug-likeness (QED) is 0.263. The van der Waals surface area contributed by atoms with Gasteiger partial charge in [0.15, 0.2) is 5.84 Å². The molecule has 3 aromatic carbocycles. The van der Waals surface area contributed by atoms with Crippen LogP contribution >= 0.6 is 27.7 Å². The SMILES string of the molecule is N=C1C(=Cc2cccc(OCCOc3ccc(Br)cc3)c2)C(=O)N=C2SC(COc3ccccc3)=NN12. The predicted octanol–water partition coefficient (Wildman–Crippen LogP) is 5.61. The Kier molecular flexibility index (Phi) is 7.67. The summed E-state index contributed by atoms with van der Waals surface area (Å²) in [5.41, 5.74) is 0.857. The molecule has 8 nitrogen and oxygen atoms in total. The van der Waals surface area contributed by atoms with Crippen molar-refractivity contribution >= 4 is 55.7 Å². The summed E-state index contributed by atoms with van der Waals surface area (Å²) < 4.78 is 18.2. The normalized spacial score (nSPS) is 15.8. The lowest BCUT2D eigenvalue weighted by molar-refractivity contribution is -0.114. The van der Waals surface area contributed by atoms with Crippen molar-refractivity contribution < 1.29 is 19.0 Å². The molecule has 0 atom stereocenters. The fourth-order valence-corrected chi connectivity index (χ4v) is 4.53.